The molecule has 5 heterocycles. The number of imide groups is 1. The molecule has 4 aromatic rings. The molecule has 0 radical (unpaired) electrons. The SMILES string of the molecule is CCc1c(F)ccc2cc(OCOC)cc(-c3ncc4c(N5CC[C@H]6[C@@H](C5)[C@H]6C(=O)N(C)C(C)=O)nc(OC[C@@]56CCCN5C[C@H](F)C6)nc4c3F)c12. The summed E-state index contributed by atoms with van der Waals surface area (Å²) < 4.78 is 64.3. The van der Waals surface area contributed by atoms with Crippen LogP contribution in [0, 0.1) is 29.4 Å². The van der Waals surface area contributed by atoms with E-state index in [1.54, 1.807) is 18.2 Å². The molecule has 11 nitrogen and oxygen atoms in total. The summed E-state index contributed by atoms with van der Waals surface area (Å²) >= 11 is 0. The standard InChI is InChI=1S/C39H43F3N6O5/c1-5-25-30(41)8-7-22-13-24(53-20-51-4)14-27(31(22)25)34-33(42)35-28(16-43-34)36(47-12-9-26-29(18-47)32(26)37(50)46(3)21(2)49)45-38(44-35)52-19-39-10-6-11-48(39)17-23(40)15-39/h7-8,13-14,16,23,26,29,32H,5-6,9-12,15,17-20H2,1-4H3/t23-,26+,29-,32+,39+/m1/s1. The molecule has 4 fully saturated rings. The lowest BCUT2D eigenvalue weighted by atomic mass is 9.94. The van der Waals surface area contributed by atoms with E-state index in [1.807, 2.05) is 11.8 Å². The van der Waals surface area contributed by atoms with Crippen molar-refractivity contribution < 1.29 is 37.0 Å². The molecule has 5 atom stereocenters. The molecule has 2 aromatic heterocycles. The Bertz CT molecular complexity index is 2120. The van der Waals surface area contributed by atoms with E-state index in [9.17, 15) is 14.0 Å². The van der Waals surface area contributed by atoms with E-state index in [0.29, 0.717) is 77.7 Å². The van der Waals surface area contributed by atoms with Crippen molar-refractivity contribution in [3.63, 3.8) is 0 Å². The van der Waals surface area contributed by atoms with Crippen molar-refractivity contribution >= 4 is 39.3 Å². The van der Waals surface area contributed by atoms with E-state index in [1.165, 1.54) is 38.2 Å². The first-order valence-corrected chi connectivity index (χ1v) is 18.3. The van der Waals surface area contributed by atoms with Gasteiger partial charge in [-0.3, -0.25) is 24.4 Å². The number of aromatic nitrogens is 3. The van der Waals surface area contributed by atoms with Crippen molar-refractivity contribution in [2.24, 2.45) is 17.8 Å². The highest BCUT2D eigenvalue weighted by atomic mass is 19.1. The van der Waals surface area contributed by atoms with Crippen molar-refractivity contribution in [3.05, 3.63) is 47.7 Å². The highest BCUT2D eigenvalue weighted by molar-refractivity contribution is 6.02. The Morgan fingerprint density at radius 1 is 1.09 bits per heavy atom. The molecule has 280 valence electrons. The summed E-state index contributed by atoms with van der Waals surface area (Å²) in [5, 5.41) is 1.51. The zero-order valence-corrected chi connectivity index (χ0v) is 30.3. The molecule has 2 amide bonds. The van der Waals surface area contributed by atoms with Gasteiger partial charge in [-0.15, -0.1) is 0 Å². The Morgan fingerprint density at radius 2 is 1.92 bits per heavy atom. The van der Waals surface area contributed by atoms with Crippen LogP contribution in [-0.4, -0.2) is 102 Å². The minimum absolute atomic E-state index is 0.000934. The number of alkyl halides is 1. The number of carbonyl (C=O) groups is 2. The van der Waals surface area contributed by atoms with Crippen LogP contribution in [0.2, 0.25) is 0 Å². The fourth-order valence-corrected chi connectivity index (χ4v) is 9.07. The maximum absolute atomic E-state index is 17.2. The van der Waals surface area contributed by atoms with Crippen LogP contribution >= 0.6 is 0 Å². The van der Waals surface area contributed by atoms with Gasteiger partial charge in [0.25, 0.3) is 0 Å². The second-order valence-corrected chi connectivity index (χ2v) is 14.9. The molecule has 0 bridgehead atoms. The average Bonchev–Trinajstić information content (AvgIpc) is 3.61. The molecule has 3 saturated heterocycles. The van der Waals surface area contributed by atoms with Crippen molar-refractivity contribution in [2.75, 3.05) is 58.6 Å². The number of nitrogens with zero attached hydrogens (tertiary/aromatic N) is 6. The summed E-state index contributed by atoms with van der Waals surface area (Å²) in [6, 6.07) is 6.36. The Kier molecular flexibility index (Phi) is 9.16. The van der Waals surface area contributed by atoms with Gasteiger partial charge in [0, 0.05) is 64.8 Å². The Labute approximate surface area is 305 Å². The van der Waals surface area contributed by atoms with Crippen molar-refractivity contribution in [2.45, 2.75) is 57.7 Å². The molecule has 14 heteroatoms. The lowest BCUT2D eigenvalue weighted by molar-refractivity contribution is -0.143. The molecule has 0 spiro atoms. The minimum atomic E-state index is -0.952. The smallest absolute Gasteiger partial charge is 0.319 e. The normalized spacial score (nSPS) is 25.1. The predicted molar refractivity (Wildman–Crippen MR) is 191 cm³/mol. The number of rotatable bonds is 10. The van der Waals surface area contributed by atoms with Gasteiger partial charge in [-0.25, -0.2) is 13.2 Å². The van der Waals surface area contributed by atoms with Gasteiger partial charge in [0.1, 0.15) is 41.4 Å². The lowest BCUT2D eigenvalue weighted by Gasteiger charge is -2.31. The quantitative estimate of drug-likeness (QED) is 0.189. The number of hydrogen-bond donors (Lipinski definition) is 0. The van der Waals surface area contributed by atoms with Crippen LogP contribution in [0.25, 0.3) is 32.9 Å². The molecule has 1 aliphatic carbocycles. The van der Waals surface area contributed by atoms with Gasteiger partial charge in [0.2, 0.25) is 11.8 Å². The fraction of sp³-hybridized carbons (Fsp3) is 0.513. The monoisotopic (exact) mass is 732 g/mol. The zero-order chi connectivity index (χ0) is 37.2. The van der Waals surface area contributed by atoms with Crippen molar-refractivity contribution in [3.8, 4) is 23.0 Å². The Morgan fingerprint density at radius 3 is 2.70 bits per heavy atom. The number of aryl methyl sites for hydroxylation is 1. The van der Waals surface area contributed by atoms with E-state index in [2.05, 4.69) is 14.9 Å². The molecular weight excluding hydrogens is 689 g/mol. The minimum Gasteiger partial charge on any atom is -0.468 e. The van der Waals surface area contributed by atoms with Crippen LogP contribution in [0.15, 0.2) is 30.5 Å². The topological polar surface area (TPSA) is 110 Å². The number of anilines is 1. The highest BCUT2D eigenvalue weighted by Gasteiger charge is 2.58. The molecule has 0 unspecified atom stereocenters. The van der Waals surface area contributed by atoms with Gasteiger partial charge in [-0.2, -0.15) is 9.97 Å². The van der Waals surface area contributed by atoms with E-state index >= 15 is 8.78 Å². The second-order valence-electron chi connectivity index (χ2n) is 14.9. The van der Waals surface area contributed by atoms with Gasteiger partial charge in [0.15, 0.2) is 12.6 Å². The number of piperidine rings is 1. The molecular formula is C39H43F3N6O5. The predicted octanol–water partition coefficient (Wildman–Crippen LogP) is 5.70. The zero-order valence-electron chi connectivity index (χ0n) is 30.3. The van der Waals surface area contributed by atoms with Gasteiger partial charge in [0.05, 0.1) is 10.9 Å². The average molecular weight is 733 g/mol. The Balaban J connectivity index is 1.23. The molecule has 2 aromatic carbocycles. The van der Waals surface area contributed by atoms with Crippen LogP contribution in [0.5, 0.6) is 11.8 Å². The third-order valence-electron chi connectivity index (χ3n) is 11.9. The largest absolute Gasteiger partial charge is 0.468 e. The summed E-state index contributed by atoms with van der Waals surface area (Å²) in [7, 11) is 3.00. The maximum atomic E-state index is 17.2. The summed E-state index contributed by atoms with van der Waals surface area (Å²) in [5.74, 6) is -0.988. The van der Waals surface area contributed by atoms with Crippen LogP contribution < -0.4 is 14.4 Å². The van der Waals surface area contributed by atoms with Gasteiger partial charge in [-0.1, -0.05) is 13.0 Å². The fourth-order valence-electron chi connectivity index (χ4n) is 9.07. The summed E-state index contributed by atoms with van der Waals surface area (Å²) in [6.07, 6.45) is 3.67. The number of halogens is 3. The van der Waals surface area contributed by atoms with Gasteiger partial charge in [-0.05, 0) is 78.6 Å². The summed E-state index contributed by atoms with van der Waals surface area (Å²) in [5.41, 5.74) is 0.196. The number of benzene rings is 2. The van der Waals surface area contributed by atoms with Gasteiger partial charge < -0.3 is 19.1 Å². The van der Waals surface area contributed by atoms with E-state index in [-0.39, 0.29) is 60.2 Å². The number of amides is 2. The Hall–Kier alpha value is -4.56. The van der Waals surface area contributed by atoms with Gasteiger partial charge >= 0.3 is 6.01 Å². The molecule has 4 aliphatic rings. The first kappa shape index (κ1) is 35.5. The highest BCUT2D eigenvalue weighted by Crippen LogP contribution is 2.53. The molecule has 53 heavy (non-hydrogen) atoms. The van der Waals surface area contributed by atoms with Crippen LogP contribution in [0.4, 0.5) is 19.0 Å². The number of fused-ring (bicyclic) bond motifs is 4. The van der Waals surface area contributed by atoms with Crippen molar-refractivity contribution in [1.29, 1.82) is 0 Å². The van der Waals surface area contributed by atoms with E-state index < -0.39 is 23.3 Å². The number of hydrogen-bond acceptors (Lipinski definition) is 10. The second kappa shape index (κ2) is 13.7. The number of carbonyl (C=O) groups excluding carboxylic acids is 2. The number of ether oxygens (including phenoxy) is 3. The number of methoxy groups -OCH3 is 1. The summed E-state index contributed by atoms with van der Waals surface area (Å²) in [6.45, 7) is 5.45. The first-order chi connectivity index (χ1) is 25.5. The maximum Gasteiger partial charge on any atom is 0.319 e. The van der Waals surface area contributed by atoms with E-state index in [4.69, 9.17) is 19.2 Å². The van der Waals surface area contributed by atoms with Crippen LogP contribution in [0.3, 0.4) is 0 Å². The van der Waals surface area contributed by atoms with Crippen molar-refractivity contribution in [1.82, 2.24) is 24.8 Å². The third-order valence-corrected chi connectivity index (χ3v) is 11.9. The first-order valence-electron chi connectivity index (χ1n) is 18.3. The molecule has 8 rings (SSSR count). The van der Waals surface area contributed by atoms with Crippen LogP contribution in [0.1, 0.15) is 45.1 Å². The summed E-state index contributed by atoms with van der Waals surface area (Å²) in [4.78, 5) is 44.5. The third kappa shape index (κ3) is 6.13. The molecule has 3 aliphatic heterocycles. The molecule has 1 saturated carbocycles. The molecule has 0 N–H and O–H groups in total. The van der Waals surface area contributed by atoms with Crippen LogP contribution in [-0.2, 0) is 20.7 Å². The number of pyridine rings is 1. The lowest BCUT2D eigenvalue weighted by Crippen LogP contribution is -2.43. The van der Waals surface area contributed by atoms with E-state index in [0.717, 1.165) is 19.4 Å².